The largest absolute Gasteiger partial charge is 0.505 e. The normalized spacial score (nSPS) is 12.6. The monoisotopic (exact) mass is 931 g/mol. The number of rotatable bonds is 12. The minimum atomic E-state index is -5.01. The molecule has 0 aliphatic rings. The van der Waals surface area contributed by atoms with Gasteiger partial charge in [-0.3, -0.25) is 13.7 Å². The molecule has 8 rings (SSSR count). The smallest absolute Gasteiger partial charge is 0.296 e. The van der Waals surface area contributed by atoms with Crippen LogP contribution >= 0.6 is 0 Å². The van der Waals surface area contributed by atoms with Crippen molar-refractivity contribution in [3.8, 4) is 11.5 Å². The Bertz CT molecular complexity index is 3680. The van der Waals surface area contributed by atoms with Crippen LogP contribution in [0.1, 0.15) is 5.56 Å². The first-order chi connectivity index (χ1) is 30.9. The van der Waals surface area contributed by atoms with Crippen LogP contribution < -0.4 is 10.1 Å². The summed E-state index contributed by atoms with van der Waals surface area (Å²) >= 11 is 0. The first-order valence-corrected chi connectivity index (χ1v) is 23.3. The number of aromatic hydroxyl groups is 1. The summed E-state index contributed by atoms with van der Waals surface area (Å²) < 4.78 is 109. The van der Waals surface area contributed by atoms with Crippen LogP contribution in [0.3, 0.4) is 0 Å². The highest BCUT2D eigenvalue weighted by atomic mass is 32.2. The van der Waals surface area contributed by atoms with Crippen LogP contribution in [0.4, 0.5) is 45.5 Å². The molecule has 18 nitrogen and oxygen atoms in total. The number of anilines is 2. The number of aryl methyl sites for hydroxylation is 1. The van der Waals surface area contributed by atoms with Gasteiger partial charge in [0.1, 0.15) is 22.0 Å². The summed E-state index contributed by atoms with van der Waals surface area (Å²) in [7, 11) is -12.9. The van der Waals surface area contributed by atoms with Gasteiger partial charge in [0.15, 0.2) is 5.75 Å². The summed E-state index contributed by atoms with van der Waals surface area (Å²) in [5.74, 6) is -0.614. The number of nitrogens with zero attached hydrogens (tertiary/aromatic N) is 6. The van der Waals surface area contributed by atoms with Crippen LogP contribution in [-0.2, 0) is 30.4 Å². The Balaban J connectivity index is 1.20. The molecule has 21 heteroatoms. The van der Waals surface area contributed by atoms with Gasteiger partial charge in [-0.15, -0.1) is 25.6 Å². The van der Waals surface area contributed by atoms with Gasteiger partial charge in [0.2, 0.25) is 0 Å². The lowest BCUT2D eigenvalue weighted by atomic mass is 10.1. The predicted octanol–water partition coefficient (Wildman–Crippen LogP) is 11.9. The van der Waals surface area contributed by atoms with E-state index in [4.69, 9.17) is 4.74 Å². The molecular formula is C44H33N7O11S3. The van der Waals surface area contributed by atoms with Crippen molar-refractivity contribution in [2.24, 2.45) is 30.7 Å². The maximum atomic E-state index is 12.7. The molecule has 0 heterocycles. The highest BCUT2D eigenvalue weighted by molar-refractivity contribution is 7.86. The Hall–Kier alpha value is -7.53. The molecule has 0 aliphatic carbocycles. The van der Waals surface area contributed by atoms with Gasteiger partial charge in [-0.05, 0) is 96.7 Å². The summed E-state index contributed by atoms with van der Waals surface area (Å²) in [5, 5.41) is 42.4. The van der Waals surface area contributed by atoms with Crippen molar-refractivity contribution >= 4 is 108 Å². The number of fused-ring (bicyclic) bond motifs is 3. The predicted molar refractivity (Wildman–Crippen MR) is 243 cm³/mol. The first-order valence-electron chi connectivity index (χ1n) is 19.0. The van der Waals surface area contributed by atoms with E-state index in [1.54, 1.807) is 55.5 Å². The summed E-state index contributed by atoms with van der Waals surface area (Å²) in [6, 6.07) is 34.2. The molecule has 5 N–H and O–H groups in total. The third kappa shape index (κ3) is 9.27. The Morgan fingerprint density at radius 2 is 1.03 bits per heavy atom. The number of ether oxygens (including phenoxy) is 1. The van der Waals surface area contributed by atoms with E-state index >= 15 is 0 Å². The topological polar surface area (TPSA) is 279 Å². The van der Waals surface area contributed by atoms with Gasteiger partial charge in [0.25, 0.3) is 30.4 Å². The van der Waals surface area contributed by atoms with Crippen molar-refractivity contribution in [2.45, 2.75) is 21.6 Å². The molecule has 328 valence electrons. The molecule has 0 bridgehead atoms. The van der Waals surface area contributed by atoms with Crippen molar-refractivity contribution in [1.29, 1.82) is 0 Å². The van der Waals surface area contributed by atoms with Gasteiger partial charge in [0.05, 0.1) is 39.7 Å². The van der Waals surface area contributed by atoms with E-state index in [0.717, 1.165) is 23.9 Å². The van der Waals surface area contributed by atoms with Crippen LogP contribution in [0.15, 0.2) is 179 Å². The summed E-state index contributed by atoms with van der Waals surface area (Å²) in [4.78, 5) is -1.54. The van der Waals surface area contributed by atoms with Crippen molar-refractivity contribution in [3.63, 3.8) is 0 Å². The zero-order valence-corrected chi connectivity index (χ0v) is 36.2. The molecule has 0 aliphatic heterocycles. The molecule has 8 aromatic carbocycles. The molecule has 0 spiro atoms. The fraction of sp³-hybridized carbons (Fsp3) is 0.0455. The number of para-hydroxylation sites is 1. The minimum Gasteiger partial charge on any atom is -0.505 e. The Morgan fingerprint density at radius 3 is 1.65 bits per heavy atom. The van der Waals surface area contributed by atoms with Crippen molar-refractivity contribution in [3.05, 3.63) is 139 Å². The van der Waals surface area contributed by atoms with Gasteiger partial charge >= 0.3 is 0 Å². The van der Waals surface area contributed by atoms with E-state index in [0.29, 0.717) is 39.1 Å². The van der Waals surface area contributed by atoms with Gasteiger partial charge in [0, 0.05) is 44.4 Å². The number of hydrogen-bond acceptors (Lipinski definition) is 15. The van der Waals surface area contributed by atoms with Gasteiger partial charge < -0.3 is 15.2 Å². The molecule has 0 unspecified atom stereocenters. The molecule has 0 aromatic heterocycles. The van der Waals surface area contributed by atoms with Gasteiger partial charge in [-0.1, -0.05) is 48.5 Å². The zero-order chi connectivity index (χ0) is 46.3. The number of phenolic OH excluding ortho intramolecular Hbond substituents is 1. The second-order valence-electron chi connectivity index (χ2n) is 14.3. The number of nitrogens with one attached hydrogen (secondary N) is 1. The number of azo groups is 3. The van der Waals surface area contributed by atoms with Crippen LogP contribution in [0.25, 0.3) is 32.3 Å². The van der Waals surface area contributed by atoms with Crippen molar-refractivity contribution in [1.82, 2.24) is 0 Å². The van der Waals surface area contributed by atoms with Crippen molar-refractivity contribution < 1.29 is 48.8 Å². The van der Waals surface area contributed by atoms with Gasteiger partial charge in [-0.2, -0.15) is 30.4 Å². The van der Waals surface area contributed by atoms with Crippen LogP contribution in [0.5, 0.6) is 11.5 Å². The Morgan fingerprint density at radius 1 is 0.477 bits per heavy atom. The second kappa shape index (κ2) is 17.2. The van der Waals surface area contributed by atoms with Gasteiger partial charge in [-0.25, -0.2) is 0 Å². The van der Waals surface area contributed by atoms with Crippen LogP contribution in [-0.4, -0.2) is 51.1 Å². The third-order valence-corrected chi connectivity index (χ3v) is 12.6. The highest BCUT2D eigenvalue weighted by Gasteiger charge is 2.24. The summed E-state index contributed by atoms with van der Waals surface area (Å²) in [6.45, 7) is 1.62. The first kappa shape index (κ1) is 44.1. The van der Waals surface area contributed by atoms with Crippen LogP contribution in [0.2, 0.25) is 0 Å². The van der Waals surface area contributed by atoms with E-state index in [9.17, 15) is 44.0 Å². The van der Waals surface area contributed by atoms with E-state index in [-0.39, 0.29) is 43.6 Å². The number of phenols is 1. The van der Waals surface area contributed by atoms with Crippen LogP contribution in [0, 0.1) is 6.92 Å². The molecule has 0 saturated heterocycles. The molecular weight excluding hydrogens is 899 g/mol. The average Bonchev–Trinajstić information content (AvgIpc) is 3.27. The summed E-state index contributed by atoms with van der Waals surface area (Å²) in [6.07, 6.45) is 0. The molecule has 0 saturated carbocycles. The maximum absolute atomic E-state index is 12.7. The third-order valence-electron chi connectivity index (χ3n) is 10.1. The van der Waals surface area contributed by atoms with E-state index in [2.05, 4.69) is 36.0 Å². The lowest BCUT2D eigenvalue weighted by molar-refractivity contribution is 0.416. The molecule has 0 amide bonds. The number of methoxy groups -OCH3 is 1. The molecule has 0 radical (unpaired) electrons. The standard InChI is InChI=1S/C44H33N7O11S3/c1-25-20-29(63(53,54)55)14-17-36(25)46-47-37-18-19-38(33-11-7-6-10-32(33)37)48-49-39-24-40(62-2)42(34-16-13-30(23-35(34)39)64(56,57)58)50-51-43-41(65(59,60)61)22-26-21-28(12-15-31(26)44(43)52)45-27-8-4-3-5-9-27/h3-24,45,52H,1-2H3,(H,53,54,55)(H,56,57,58)(H,59,60,61). The quantitative estimate of drug-likeness (QED) is 0.0565. The maximum Gasteiger partial charge on any atom is 0.296 e. The zero-order valence-electron chi connectivity index (χ0n) is 33.8. The molecule has 65 heavy (non-hydrogen) atoms. The lowest BCUT2D eigenvalue weighted by Crippen LogP contribution is -1.99. The van der Waals surface area contributed by atoms with E-state index < -0.39 is 51.6 Å². The molecule has 0 atom stereocenters. The molecule has 0 fully saturated rings. The second-order valence-corrected chi connectivity index (χ2v) is 18.5. The summed E-state index contributed by atoms with van der Waals surface area (Å²) in [5.41, 5.74) is 2.27. The Kier molecular flexibility index (Phi) is 11.7. The Labute approximate surface area is 370 Å². The lowest BCUT2D eigenvalue weighted by Gasteiger charge is -2.13. The van der Waals surface area contributed by atoms with E-state index in [1.165, 1.54) is 43.5 Å². The average molecular weight is 932 g/mol. The SMILES string of the molecule is COc1cc(N=Nc2ccc(N=Nc3ccc(S(=O)(=O)O)cc3C)c3ccccc23)c2cc(S(=O)(=O)O)ccc2c1N=Nc1c(S(=O)(=O)O)cc2cc(Nc3ccccc3)ccc2c1O. The number of hydrogen-bond donors (Lipinski definition) is 5. The fourth-order valence-electron chi connectivity index (χ4n) is 6.92. The highest BCUT2D eigenvalue weighted by Crippen LogP contribution is 2.47. The van der Waals surface area contributed by atoms with E-state index in [1.807, 2.05) is 30.3 Å². The fourth-order valence-corrected chi connectivity index (χ4v) is 8.65. The van der Waals surface area contributed by atoms with Crippen molar-refractivity contribution in [2.75, 3.05) is 12.4 Å². The molecule has 8 aromatic rings. The minimum absolute atomic E-state index is 0.000602. The number of benzene rings is 8.